The number of aliphatic carboxylic acids is 1. The zero-order valence-corrected chi connectivity index (χ0v) is 12.2. The Hall–Kier alpha value is -1.77. The van der Waals surface area contributed by atoms with Gasteiger partial charge in [0, 0.05) is 12.3 Å². The average molecular weight is 356 g/mol. The number of benzene rings is 1. The topological polar surface area (TPSA) is 46.5 Å². The first-order valence-electron chi connectivity index (χ1n) is 7.09. The van der Waals surface area contributed by atoms with Crippen molar-refractivity contribution in [3.63, 3.8) is 0 Å². The smallest absolute Gasteiger partial charge is 0.416 e. The third-order valence-corrected chi connectivity index (χ3v) is 3.84. The van der Waals surface area contributed by atoms with Crippen molar-refractivity contribution in [1.82, 2.24) is 0 Å². The first-order valence-corrected chi connectivity index (χ1v) is 7.09. The molecule has 1 fully saturated rings. The summed E-state index contributed by atoms with van der Waals surface area (Å²) in [4.78, 5) is 10.5. The van der Waals surface area contributed by atoms with Crippen molar-refractivity contribution in [2.45, 2.75) is 43.6 Å². The molecular weight excluding hydrogens is 342 g/mol. The standard InChI is InChI=1S/C15H14F6O3/c16-14(17,18)10-3-8(4-11(6-10)15(19,20)21)9-5-12(24-7-9)1-2-13(22)23/h3-4,6,9,12H,1-2,5,7H2,(H,22,23). The lowest BCUT2D eigenvalue weighted by Crippen LogP contribution is -2.13. The number of halogens is 6. The molecule has 2 unspecified atom stereocenters. The second-order valence-corrected chi connectivity index (χ2v) is 5.66. The highest BCUT2D eigenvalue weighted by Gasteiger charge is 2.38. The Morgan fingerprint density at radius 1 is 1.08 bits per heavy atom. The van der Waals surface area contributed by atoms with Crippen LogP contribution in [-0.4, -0.2) is 23.8 Å². The Bertz CT molecular complexity index is 576. The maximum atomic E-state index is 12.8. The van der Waals surface area contributed by atoms with Gasteiger partial charge in [-0.2, -0.15) is 26.3 Å². The molecule has 134 valence electrons. The molecule has 1 aliphatic heterocycles. The Morgan fingerprint density at radius 2 is 1.62 bits per heavy atom. The van der Waals surface area contributed by atoms with Crippen LogP contribution in [0.3, 0.4) is 0 Å². The summed E-state index contributed by atoms with van der Waals surface area (Å²) in [6.45, 7) is -0.0388. The summed E-state index contributed by atoms with van der Waals surface area (Å²) in [7, 11) is 0. The summed E-state index contributed by atoms with van der Waals surface area (Å²) in [5.41, 5.74) is -2.82. The third-order valence-electron chi connectivity index (χ3n) is 3.84. The first-order chi connectivity index (χ1) is 11.0. The van der Waals surface area contributed by atoms with E-state index in [-0.39, 0.29) is 37.5 Å². The van der Waals surface area contributed by atoms with Crippen LogP contribution in [-0.2, 0) is 21.9 Å². The highest BCUT2D eigenvalue weighted by Crippen LogP contribution is 2.40. The molecule has 9 heteroatoms. The van der Waals surface area contributed by atoms with Gasteiger partial charge in [0.25, 0.3) is 0 Å². The summed E-state index contributed by atoms with van der Waals surface area (Å²) >= 11 is 0. The molecule has 0 bridgehead atoms. The molecule has 24 heavy (non-hydrogen) atoms. The molecule has 1 saturated heterocycles. The van der Waals surface area contributed by atoms with Crippen molar-refractivity contribution < 1.29 is 41.0 Å². The molecule has 1 aromatic carbocycles. The van der Waals surface area contributed by atoms with Crippen molar-refractivity contribution in [2.75, 3.05) is 6.61 Å². The number of alkyl halides is 6. The Morgan fingerprint density at radius 3 is 2.08 bits per heavy atom. The fourth-order valence-electron chi connectivity index (χ4n) is 2.64. The molecular formula is C15H14F6O3. The van der Waals surface area contributed by atoms with Gasteiger partial charge in [-0.25, -0.2) is 0 Å². The van der Waals surface area contributed by atoms with Gasteiger partial charge in [0.1, 0.15) is 0 Å². The molecule has 0 spiro atoms. The van der Waals surface area contributed by atoms with Gasteiger partial charge in [0.2, 0.25) is 0 Å². The van der Waals surface area contributed by atoms with Crippen LogP contribution >= 0.6 is 0 Å². The van der Waals surface area contributed by atoms with Gasteiger partial charge in [-0.1, -0.05) is 0 Å². The van der Waals surface area contributed by atoms with Crippen LogP contribution < -0.4 is 0 Å². The Labute approximate surface area is 133 Å². The largest absolute Gasteiger partial charge is 0.481 e. The van der Waals surface area contributed by atoms with Crippen LogP contribution in [0.2, 0.25) is 0 Å². The van der Waals surface area contributed by atoms with Crippen LogP contribution in [0.1, 0.15) is 41.9 Å². The van der Waals surface area contributed by atoms with Gasteiger partial charge >= 0.3 is 18.3 Å². The zero-order valence-electron chi connectivity index (χ0n) is 12.2. The summed E-state index contributed by atoms with van der Waals surface area (Å²) in [5, 5.41) is 8.60. The molecule has 3 nitrogen and oxygen atoms in total. The van der Waals surface area contributed by atoms with Crippen LogP contribution in [0.25, 0.3) is 0 Å². The number of rotatable bonds is 4. The molecule has 1 N–H and O–H groups in total. The third kappa shape index (κ3) is 4.62. The number of hydrogen-bond acceptors (Lipinski definition) is 2. The minimum Gasteiger partial charge on any atom is -0.481 e. The lowest BCUT2D eigenvalue weighted by molar-refractivity contribution is -0.143. The number of carbonyl (C=O) groups is 1. The molecule has 2 rings (SSSR count). The molecule has 0 aromatic heterocycles. The number of hydrogen-bond donors (Lipinski definition) is 1. The van der Waals surface area contributed by atoms with Crippen molar-refractivity contribution in [3.8, 4) is 0 Å². The molecule has 2 atom stereocenters. The maximum absolute atomic E-state index is 12.8. The SMILES string of the molecule is O=C(O)CCC1CC(c2cc(C(F)(F)F)cc(C(F)(F)F)c2)CO1. The zero-order chi connectivity index (χ0) is 18.1. The highest BCUT2D eigenvalue weighted by molar-refractivity contribution is 5.66. The van der Waals surface area contributed by atoms with E-state index in [1.807, 2.05) is 0 Å². The predicted octanol–water partition coefficient (Wildman–Crippen LogP) is 4.46. The van der Waals surface area contributed by atoms with E-state index in [0.29, 0.717) is 12.1 Å². The monoisotopic (exact) mass is 356 g/mol. The number of carboxylic acids is 1. The highest BCUT2D eigenvalue weighted by atomic mass is 19.4. The Balaban J connectivity index is 2.25. The van der Waals surface area contributed by atoms with Crippen LogP contribution in [0, 0.1) is 0 Å². The van der Waals surface area contributed by atoms with Crippen molar-refractivity contribution >= 4 is 5.97 Å². The summed E-state index contributed by atoms with van der Waals surface area (Å²) in [5.74, 6) is -1.67. The number of carboxylic acid groups (broad SMARTS) is 1. The molecule has 1 aliphatic rings. The van der Waals surface area contributed by atoms with Crippen molar-refractivity contribution in [2.24, 2.45) is 0 Å². The van der Waals surface area contributed by atoms with Crippen molar-refractivity contribution in [1.29, 1.82) is 0 Å². The minimum atomic E-state index is -4.89. The second-order valence-electron chi connectivity index (χ2n) is 5.66. The van der Waals surface area contributed by atoms with E-state index >= 15 is 0 Å². The molecule has 0 saturated carbocycles. The van der Waals surface area contributed by atoms with E-state index in [4.69, 9.17) is 9.84 Å². The molecule has 0 radical (unpaired) electrons. The minimum absolute atomic E-state index is 0.0388. The first kappa shape index (κ1) is 18.6. The predicted molar refractivity (Wildman–Crippen MR) is 70.4 cm³/mol. The van der Waals surface area contributed by atoms with E-state index in [2.05, 4.69) is 0 Å². The maximum Gasteiger partial charge on any atom is 0.416 e. The van der Waals surface area contributed by atoms with Crippen LogP contribution in [0.5, 0.6) is 0 Å². The van der Waals surface area contributed by atoms with Crippen LogP contribution in [0.15, 0.2) is 18.2 Å². The van der Waals surface area contributed by atoms with Crippen LogP contribution in [0.4, 0.5) is 26.3 Å². The molecule has 1 aromatic rings. The molecule has 0 amide bonds. The quantitative estimate of drug-likeness (QED) is 0.810. The normalized spacial score (nSPS) is 21.9. The fraction of sp³-hybridized carbons (Fsp3) is 0.533. The van der Waals surface area contributed by atoms with Gasteiger partial charge in [0.05, 0.1) is 23.8 Å². The van der Waals surface area contributed by atoms with E-state index < -0.39 is 41.5 Å². The van der Waals surface area contributed by atoms with E-state index in [1.54, 1.807) is 0 Å². The van der Waals surface area contributed by atoms with Gasteiger partial charge in [-0.3, -0.25) is 4.79 Å². The summed E-state index contributed by atoms with van der Waals surface area (Å²) in [6, 6.07) is 1.48. The van der Waals surface area contributed by atoms with Gasteiger partial charge < -0.3 is 9.84 Å². The van der Waals surface area contributed by atoms with E-state index in [1.165, 1.54) is 0 Å². The second kappa shape index (κ2) is 6.62. The summed E-state index contributed by atoms with van der Waals surface area (Å²) in [6.07, 6.45) is -10.1. The Kier molecular flexibility index (Phi) is 5.12. The average Bonchev–Trinajstić information content (AvgIpc) is 2.91. The molecule has 0 aliphatic carbocycles. The van der Waals surface area contributed by atoms with Gasteiger partial charge in [-0.15, -0.1) is 0 Å². The lowest BCUT2D eigenvalue weighted by atomic mass is 9.92. The van der Waals surface area contributed by atoms with E-state index in [9.17, 15) is 31.1 Å². The lowest BCUT2D eigenvalue weighted by Gasteiger charge is -2.16. The number of ether oxygens (including phenoxy) is 1. The fourth-order valence-corrected chi connectivity index (χ4v) is 2.64. The van der Waals surface area contributed by atoms with E-state index in [0.717, 1.165) is 0 Å². The van der Waals surface area contributed by atoms with Crippen molar-refractivity contribution in [3.05, 3.63) is 34.9 Å². The summed E-state index contributed by atoms with van der Waals surface area (Å²) < 4.78 is 82.4. The molecule has 1 heterocycles. The van der Waals surface area contributed by atoms with Gasteiger partial charge in [0.15, 0.2) is 0 Å². The van der Waals surface area contributed by atoms with Gasteiger partial charge in [-0.05, 0) is 36.6 Å².